The van der Waals surface area contributed by atoms with Crippen LogP contribution in [0.5, 0.6) is 0 Å². The quantitative estimate of drug-likeness (QED) is 0.161. The zero-order chi connectivity index (χ0) is 78.0. The summed E-state index contributed by atoms with van der Waals surface area (Å²) in [5.74, 6) is 0. The molecule has 9 aromatic heterocycles. The van der Waals surface area contributed by atoms with E-state index >= 15 is 0 Å². The average Bonchev–Trinajstić information content (AvgIpc) is 1.60. The Morgan fingerprint density at radius 1 is 0.272 bits per heavy atom. The maximum atomic E-state index is 7.71. The van der Waals surface area contributed by atoms with E-state index in [-0.39, 0.29) is 0 Å². The van der Waals surface area contributed by atoms with E-state index in [9.17, 15) is 0 Å². The van der Waals surface area contributed by atoms with Gasteiger partial charge in [-0.15, -0.1) is 45.3 Å². The van der Waals surface area contributed by atoms with Gasteiger partial charge in [-0.2, -0.15) is 9.13 Å². The molecule has 5 nitrogen and oxygen atoms in total. The molecule has 0 spiro atoms. The lowest BCUT2D eigenvalue weighted by molar-refractivity contribution is -0.659. The summed E-state index contributed by atoms with van der Waals surface area (Å²) in [6.07, 6.45) is 10.8. The van der Waals surface area contributed by atoms with Gasteiger partial charge in [-0.25, -0.2) is 14.1 Å². The molecule has 0 aliphatic heterocycles. The number of hydrogen-bond donors (Lipinski definition) is 0. The zero-order valence-corrected chi connectivity index (χ0v) is 61.5. The van der Waals surface area contributed by atoms with Crippen LogP contribution in [0.4, 0.5) is 0 Å². The topological polar surface area (TPSA) is 28.4 Å². The van der Waals surface area contributed by atoms with Crippen molar-refractivity contribution in [1.82, 2.24) is 4.98 Å². The number of aromatic nitrogens is 5. The molecular weight excluding hydrogens is 1330 g/mol. The van der Waals surface area contributed by atoms with E-state index < -0.39 is 20.6 Å². The fraction of sp³-hybridized carbons (Fsp3) is 0.117. The molecule has 9 heteroatoms. The molecule has 0 atom stereocenters. The number of nitrogens with zero attached hydrogens (tertiary/aromatic N) is 5. The van der Waals surface area contributed by atoms with Crippen LogP contribution in [0.2, 0.25) is 0 Å². The van der Waals surface area contributed by atoms with Crippen molar-refractivity contribution < 1.29 is 30.6 Å². The Hall–Kier alpha value is -10.9. The molecule has 0 saturated heterocycles. The van der Waals surface area contributed by atoms with Gasteiger partial charge in [0, 0.05) is 126 Å². The summed E-state index contributed by atoms with van der Waals surface area (Å²) in [4.78, 5) is 5.81. The summed E-state index contributed by atoms with van der Waals surface area (Å²) in [6, 6.07) is 80.8. The maximum absolute atomic E-state index is 7.71. The Bertz CT molecular complexity index is 7030. The molecule has 0 aliphatic carbocycles. The Balaban J connectivity index is 0.000000109. The minimum absolute atomic E-state index is 0.345. The van der Waals surface area contributed by atoms with E-state index in [4.69, 9.17) is 17.3 Å². The SMILES string of the molecule is Cc1ccccc1-c1cc2c(c[n+]1C)sc1ccc3ccccc3c12.Cc1ccccc1-c1cc2c(c[n+]1C)sc1ncc3ccccc3c12.[2H]C([2H])([2H])c1ccc(-c2cc3sc4ccc5cc(C([2H])([2H])[2H])ccc5c4c3c[n+]2C)c(C)c1.[2H]C([2H])([2H])c1ccc2c(ccc3sc4cc(-c5ccccc5C)[n+](C)cc4c32)c1. The Morgan fingerprint density at radius 3 is 1.16 bits per heavy atom. The first-order valence-corrected chi connectivity index (χ1v) is 37.7. The number of benzene rings is 11. The second kappa shape index (κ2) is 26.5. The molecule has 0 N–H and O–H groups in total. The molecule has 20 rings (SSSR count). The van der Waals surface area contributed by atoms with Gasteiger partial charge in [-0.3, -0.25) is 0 Å². The molecule has 498 valence electrons. The number of thiophene rings is 4. The minimum Gasteiger partial charge on any atom is -0.245 e. The first kappa shape index (κ1) is 55.7. The predicted octanol–water partition coefficient (Wildman–Crippen LogP) is 24.4. The van der Waals surface area contributed by atoms with Crippen molar-refractivity contribution in [2.45, 2.75) is 48.3 Å². The number of aryl methyl sites for hydroxylation is 11. The van der Waals surface area contributed by atoms with Gasteiger partial charge in [0.2, 0.25) is 22.8 Å². The van der Waals surface area contributed by atoms with E-state index in [0.29, 0.717) is 16.7 Å². The van der Waals surface area contributed by atoms with Crippen molar-refractivity contribution in [3.8, 4) is 45.0 Å². The fourth-order valence-corrected chi connectivity index (χ4v) is 19.7. The third kappa shape index (κ3) is 11.8. The van der Waals surface area contributed by atoms with Crippen molar-refractivity contribution >= 4 is 169 Å². The van der Waals surface area contributed by atoms with Gasteiger partial charge in [0.05, 0.1) is 15.5 Å². The predicted molar refractivity (Wildman–Crippen MR) is 445 cm³/mol. The highest BCUT2D eigenvalue weighted by Gasteiger charge is 2.24. The zero-order valence-electron chi connectivity index (χ0n) is 67.3. The molecule has 0 fully saturated rings. The normalized spacial score (nSPS) is 13.3. The number of rotatable bonds is 4. The van der Waals surface area contributed by atoms with Gasteiger partial charge in [0.15, 0.2) is 24.8 Å². The van der Waals surface area contributed by atoms with Crippen LogP contribution in [-0.4, -0.2) is 4.98 Å². The highest BCUT2D eigenvalue weighted by Crippen LogP contribution is 2.44. The molecule has 11 aromatic carbocycles. The Morgan fingerprint density at radius 2 is 0.650 bits per heavy atom. The molecule has 0 radical (unpaired) electrons. The van der Waals surface area contributed by atoms with Crippen LogP contribution in [0, 0.1) is 48.3 Å². The number of pyridine rings is 5. The number of hydrogen-bond acceptors (Lipinski definition) is 5. The van der Waals surface area contributed by atoms with E-state index in [0.717, 1.165) is 63.4 Å². The minimum atomic E-state index is -2.13. The van der Waals surface area contributed by atoms with Crippen LogP contribution in [0.25, 0.3) is 169 Å². The largest absolute Gasteiger partial charge is 0.245 e. The Labute approximate surface area is 628 Å². The van der Waals surface area contributed by atoms with Gasteiger partial charge in [-0.05, 0) is 151 Å². The lowest BCUT2D eigenvalue weighted by Crippen LogP contribution is -2.30. The van der Waals surface area contributed by atoms with Crippen molar-refractivity contribution in [3.05, 3.63) is 307 Å². The smallest absolute Gasteiger partial charge is 0.213 e. The lowest BCUT2D eigenvalue weighted by Gasteiger charge is -2.06. The molecular formula is C94H77N5S4+4. The van der Waals surface area contributed by atoms with Crippen molar-refractivity contribution in [3.63, 3.8) is 0 Å². The molecule has 0 bridgehead atoms. The van der Waals surface area contributed by atoms with Crippen LogP contribution < -0.4 is 18.3 Å². The summed E-state index contributed by atoms with van der Waals surface area (Å²) in [5, 5.41) is 19.1. The van der Waals surface area contributed by atoms with Crippen LogP contribution in [-0.2, 0) is 28.2 Å². The van der Waals surface area contributed by atoms with E-state index in [1.165, 1.54) is 128 Å². The fourth-order valence-electron chi connectivity index (χ4n) is 15.1. The summed E-state index contributed by atoms with van der Waals surface area (Å²) < 4.78 is 86.7. The summed E-state index contributed by atoms with van der Waals surface area (Å²) in [6.45, 7) is 2.09. The third-order valence-corrected chi connectivity index (χ3v) is 24.7. The Kier molecular flexibility index (Phi) is 14.3. The first-order chi connectivity index (χ1) is 53.7. The van der Waals surface area contributed by atoms with Gasteiger partial charge in [0.25, 0.3) is 0 Å². The second-order valence-corrected chi connectivity index (χ2v) is 31.3. The molecule has 0 aliphatic rings. The molecule has 0 unspecified atom stereocenters. The standard InChI is InChI=1S/C25H22NS.C24H20NS.C23H18NS.C22H17N2S/c1-15-5-8-19(17(3)11-15)22-13-24-21(14-26(22)4)25-20-9-6-16(2)12-18(20)7-10-23(25)27-24;1-15-8-10-19-17(12-15)9-11-22-24(19)20-14-25(3)21(13-23(20)26-22)18-7-5-4-6-16(18)2;1-15-7-3-5-9-17(15)20-13-19-22(14-24(20)2)25-21-12-11-16-8-4-6-10-18(16)23(19)21;1-14-7-3-5-9-16(14)19-11-18-20(13-24(19)2)25-22-21(18)17-10-6-4-8-15(17)12-23-22/h5-14H,1-4H3;4-14H,1-3H3;3-14H,1-2H3;3-13H,1-2H3/q4*+1/i1D3,2D3;1D3;;. The lowest BCUT2D eigenvalue weighted by atomic mass is 10.0. The van der Waals surface area contributed by atoms with Crippen molar-refractivity contribution in [2.75, 3.05) is 0 Å². The average molecular weight is 1410 g/mol. The van der Waals surface area contributed by atoms with E-state index in [1.807, 2.05) is 61.8 Å². The molecule has 0 saturated carbocycles. The molecule has 9 heterocycles. The van der Waals surface area contributed by atoms with Crippen LogP contribution >= 0.6 is 45.3 Å². The van der Waals surface area contributed by atoms with Gasteiger partial charge < -0.3 is 0 Å². The van der Waals surface area contributed by atoms with Crippen molar-refractivity contribution in [1.29, 1.82) is 0 Å². The highest BCUT2D eigenvalue weighted by molar-refractivity contribution is 7.27. The first-order valence-electron chi connectivity index (χ1n) is 38.9. The van der Waals surface area contributed by atoms with Crippen LogP contribution in [0.1, 0.15) is 51.3 Å². The van der Waals surface area contributed by atoms with Crippen LogP contribution in [0.3, 0.4) is 0 Å². The highest BCUT2D eigenvalue weighted by atomic mass is 32.1. The maximum Gasteiger partial charge on any atom is 0.213 e. The monoisotopic (exact) mass is 1410 g/mol. The molecule has 0 amide bonds. The summed E-state index contributed by atoms with van der Waals surface area (Å²) in [7, 11) is 8.34. The van der Waals surface area contributed by atoms with Gasteiger partial charge in [-0.1, -0.05) is 187 Å². The number of fused-ring (bicyclic) bond motifs is 20. The third-order valence-electron chi connectivity index (χ3n) is 20.3. The van der Waals surface area contributed by atoms with E-state index in [1.54, 1.807) is 70.4 Å². The summed E-state index contributed by atoms with van der Waals surface area (Å²) >= 11 is 7.13. The van der Waals surface area contributed by atoms with Crippen molar-refractivity contribution in [2.24, 2.45) is 28.2 Å². The van der Waals surface area contributed by atoms with Crippen LogP contribution in [0.15, 0.2) is 268 Å². The summed E-state index contributed by atoms with van der Waals surface area (Å²) in [5.41, 5.74) is 15.4. The molecule has 103 heavy (non-hydrogen) atoms. The van der Waals surface area contributed by atoms with E-state index in [2.05, 4.69) is 255 Å². The van der Waals surface area contributed by atoms with Gasteiger partial charge in [0.1, 0.15) is 37.7 Å². The van der Waals surface area contributed by atoms with Gasteiger partial charge >= 0.3 is 0 Å². The second-order valence-electron chi connectivity index (χ2n) is 27.0. The molecule has 20 aromatic rings.